The lowest BCUT2D eigenvalue weighted by Crippen LogP contribution is -2.23. The molecule has 0 saturated carbocycles. The van der Waals surface area contributed by atoms with Crippen LogP contribution in [0.5, 0.6) is 0 Å². The SMILES string of the molecule is CNCc1cn(-c2cccc(-c3ccc4c(c3)COC[C@@H]4N)c2)nn1. The van der Waals surface area contributed by atoms with Crippen LogP contribution in [0.1, 0.15) is 22.9 Å². The molecule has 1 atom stereocenters. The van der Waals surface area contributed by atoms with Crippen LogP contribution >= 0.6 is 0 Å². The van der Waals surface area contributed by atoms with Gasteiger partial charge in [-0.05, 0) is 47.5 Å². The number of fused-ring (bicyclic) bond motifs is 1. The van der Waals surface area contributed by atoms with E-state index in [4.69, 9.17) is 10.5 Å². The Kier molecular flexibility index (Phi) is 4.31. The van der Waals surface area contributed by atoms with Crippen LogP contribution in [0.25, 0.3) is 16.8 Å². The summed E-state index contributed by atoms with van der Waals surface area (Å²) in [4.78, 5) is 0. The topological polar surface area (TPSA) is 78.0 Å². The first-order valence-electron chi connectivity index (χ1n) is 8.37. The predicted molar refractivity (Wildman–Crippen MR) is 96.1 cm³/mol. The molecule has 25 heavy (non-hydrogen) atoms. The quantitative estimate of drug-likeness (QED) is 0.764. The molecule has 0 unspecified atom stereocenters. The van der Waals surface area contributed by atoms with Crippen LogP contribution in [0.3, 0.4) is 0 Å². The Morgan fingerprint density at radius 3 is 3.00 bits per heavy atom. The fourth-order valence-corrected chi connectivity index (χ4v) is 3.17. The highest BCUT2D eigenvalue weighted by Gasteiger charge is 2.17. The molecule has 4 rings (SSSR count). The molecule has 6 heteroatoms. The van der Waals surface area contributed by atoms with Gasteiger partial charge in [-0.15, -0.1) is 5.10 Å². The monoisotopic (exact) mass is 335 g/mol. The van der Waals surface area contributed by atoms with Gasteiger partial charge in [0.25, 0.3) is 0 Å². The van der Waals surface area contributed by atoms with Gasteiger partial charge in [0.15, 0.2) is 0 Å². The summed E-state index contributed by atoms with van der Waals surface area (Å²) in [6.45, 7) is 1.90. The Morgan fingerprint density at radius 1 is 1.24 bits per heavy atom. The third kappa shape index (κ3) is 3.19. The average Bonchev–Trinajstić information content (AvgIpc) is 3.11. The molecule has 6 nitrogen and oxygen atoms in total. The third-order valence-electron chi connectivity index (χ3n) is 4.44. The van der Waals surface area contributed by atoms with Crippen LogP contribution in [0, 0.1) is 0 Å². The molecule has 0 fully saturated rings. The van der Waals surface area contributed by atoms with Crippen molar-refractivity contribution in [3.8, 4) is 16.8 Å². The lowest BCUT2D eigenvalue weighted by molar-refractivity contribution is 0.0924. The van der Waals surface area contributed by atoms with Gasteiger partial charge < -0.3 is 15.8 Å². The number of nitrogens with one attached hydrogen (secondary N) is 1. The van der Waals surface area contributed by atoms with Gasteiger partial charge in [-0.3, -0.25) is 0 Å². The van der Waals surface area contributed by atoms with Gasteiger partial charge in [0.2, 0.25) is 0 Å². The lowest BCUT2D eigenvalue weighted by Gasteiger charge is -2.23. The van der Waals surface area contributed by atoms with Gasteiger partial charge in [-0.25, -0.2) is 4.68 Å². The van der Waals surface area contributed by atoms with E-state index in [2.05, 4.69) is 46.0 Å². The van der Waals surface area contributed by atoms with E-state index in [0.29, 0.717) is 19.8 Å². The van der Waals surface area contributed by atoms with Gasteiger partial charge in [0.1, 0.15) is 0 Å². The minimum absolute atomic E-state index is 0.0371. The number of nitrogens with zero attached hydrogens (tertiary/aromatic N) is 3. The van der Waals surface area contributed by atoms with E-state index in [1.165, 1.54) is 11.1 Å². The molecule has 2 heterocycles. The summed E-state index contributed by atoms with van der Waals surface area (Å²) >= 11 is 0. The van der Waals surface area contributed by atoms with Gasteiger partial charge >= 0.3 is 0 Å². The number of nitrogens with two attached hydrogens (primary N) is 1. The molecule has 0 aliphatic carbocycles. The van der Waals surface area contributed by atoms with E-state index in [9.17, 15) is 0 Å². The minimum atomic E-state index is -0.0371. The molecule has 0 bridgehead atoms. The van der Waals surface area contributed by atoms with Crippen molar-refractivity contribution in [2.45, 2.75) is 19.2 Å². The molecule has 3 N–H and O–H groups in total. The average molecular weight is 335 g/mol. The number of hydrogen-bond donors (Lipinski definition) is 2. The Bertz CT molecular complexity index is 889. The molecular formula is C19H21N5O. The maximum absolute atomic E-state index is 6.11. The summed E-state index contributed by atoms with van der Waals surface area (Å²) in [7, 11) is 1.89. The van der Waals surface area contributed by atoms with Crippen LogP contribution < -0.4 is 11.1 Å². The van der Waals surface area contributed by atoms with E-state index in [1.54, 1.807) is 4.68 Å². The Morgan fingerprint density at radius 2 is 2.12 bits per heavy atom. The fraction of sp³-hybridized carbons (Fsp3) is 0.263. The van der Waals surface area contributed by atoms with Crippen LogP contribution in [0.2, 0.25) is 0 Å². The summed E-state index contributed by atoms with van der Waals surface area (Å²) in [6.07, 6.45) is 1.94. The zero-order chi connectivity index (χ0) is 17.2. The molecule has 0 saturated heterocycles. The van der Waals surface area contributed by atoms with Gasteiger partial charge in [0, 0.05) is 6.54 Å². The molecule has 128 valence electrons. The summed E-state index contributed by atoms with van der Waals surface area (Å²) < 4.78 is 7.36. The first kappa shape index (κ1) is 16.0. The first-order chi connectivity index (χ1) is 12.2. The largest absolute Gasteiger partial charge is 0.375 e. The van der Waals surface area contributed by atoms with Crippen molar-refractivity contribution in [3.63, 3.8) is 0 Å². The number of benzene rings is 2. The second-order valence-electron chi connectivity index (χ2n) is 6.27. The summed E-state index contributed by atoms with van der Waals surface area (Å²) in [5.41, 5.74) is 12.6. The van der Waals surface area contributed by atoms with E-state index < -0.39 is 0 Å². The van der Waals surface area contributed by atoms with Crippen LogP contribution in [0.4, 0.5) is 0 Å². The molecule has 1 aromatic heterocycles. The maximum atomic E-state index is 6.11. The highest BCUT2D eigenvalue weighted by atomic mass is 16.5. The fourth-order valence-electron chi connectivity index (χ4n) is 3.17. The van der Waals surface area contributed by atoms with Crippen molar-refractivity contribution in [3.05, 3.63) is 65.5 Å². The molecule has 0 radical (unpaired) electrons. The summed E-state index contributed by atoms with van der Waals surface area (Å²) in [6, 6.07) is 14.6. The second-order valence-corrected chi connectivity index (χ2v) is 6.27. The van der Waals surface area contributed by atoms with E-state index in [0.717, 1.165) is 22.5 Å². The van der Waals surface area contributed by atoms with E-state index in [-0.39, 0.29) is 6.04 Å². The minimum Gasteiger partial charge on any atom is -0.375 e. The highest BCUT2D eigenvalue weighted by molar-refractivity contribution is 5.67. The number of hydrogen-bond acceptors (Lipinski definition) is 5. The van der Waals surface area contributed by atoms with Crippen molar-refractivity contribution in [2.75, 3.05) is 13.7 Å². The summed E-state index contributed by atoms with van der Waals surface area (Å²) in [5, 5.41) is 11.5. The molecule has 0 spiro atoms. The standard InChI is InChI=1S/C19H21N5O/c1-21-9-16-10-24(23-22-16)17-4-2-3-13(8-17)14-5-6-18-15(7-14)11-25-12-19(18)20/h2-8,10,19,21H,9,11-12,20H2,1H3/t19-/m0/s1. The molecule has 0 amide bonds. The van der Waals surface area contributed by atoms with E-state index in [1.807, 2.05) is 25.4 Å². The molecular weight excluding hydrogens is 314 g/mol. The number of aromatic nitrogens is 3. The van der Waals surface area contributed by atoms with Gasteiger partial charge in [-0.2, -0.15) is 0 Å². The van der Waals surface area contributed by atoms with Crippen molar-refractivity contribution >= 4 is 0 Å². The van der Waals surface area contributed by atoms with Crippen LogP contribution in [-0.2, 0) is 17.9 Å². The van der Waals surface area contributed by atoms with Gasteiger partial charge in [0.05, 0.1) is 36.8 Å². The number of rotatable bonds is 4. The first-order valence-corrected chi connectivity index (χ1v) is 8.37. The van der Waals surface area contributed by atoms with Crippen molar-refractivity contribution in [1.29, 1.82) is 0 Å². The normalized spacial score (nSPS) is 16.6. The van der Waals surface area contributed by atoms with E-state index >= 15 is 0 Å². The molecule has 2 aromatic carbocycles. The molecule has 1 aliphatic heterocycles. The van der Waals surface area contributed by atoms with Crippen molar-refractivity contribution in [1.82, 2.24) is 20.3 Å². The zero-order valence-corrected chi connectivity index (χ0v) is 14.1. The predicted octanol–water partition coefficient (Wildman–Crippen LogP) is 2.18. The Labute approximate surface area is 146 Å². The summed E-state index contributed by atoms with van der Waals surface area (Å²) in [5.74, 6) is 0. The number of ether oxygens (including phenoxy) is 1. The van der Waals surface area contributed by atoms with Crippen molar-refractivity contribution in [2.24, 2.45) is 5.73 Å². The highest BCUT2D eigenvalue weighted by Crippen LogP contribution is 2.29. The Hall–Kier alpha value is -2.54. The smallest absolute Gasteiger partial charge is 0.0969 e. The Balaban J connectivity index is 1.67. The third-order valence-corrected chi connectivity index (χ3v) is 4.44. The molecule has 1 aliphatic rings. The maximum Gasteiger partial charge on any atom is 0.0969 e. The lowest BCUT2D eigenvalue weighted by atomic mass is 9.94. The van der Waals surface area contributed by atoms with Crippen LogP contribution in [0.15, 0.2) is 48.7 Å². The molecule has 3 aromatic rings. The van der Waals surface area contributed by atoms with Crippen molar-refractivity contribution < 1.29 is 4.74 Å². The zero-order valence-electron chi connectivity index (χ0n) is 14.1. The van der Waals surface area contributed by atoms with Crippen LogP contribution in [-0.4, -0.2) is 28.6 Å². The van der Waals surface area contributed by atoms with Gasteiger partial charge in [-0.1, -0.05) is 29.5 Å². The second kappa shape index (κ2) is 6.76.